The Morgan fingerprint density at radius 2 is 1.85 bits per heavy atom. The van der Waals surface area contributed by atoms with E-state index in [1.807, 2.05) is 41.2 Å². The minimum atomic E-state index is 0.563. The summed E-state index contributed by atoms with van der Waals surface area (Å²) in [6.07, 6.45) is 1.98. The van der Waals surface area contributed by atoms with Gasteiger partial charge in [0.25, 0.3) is 0 Å². The number of aromatic nitrogens is 2. The van der Waals surface area contributed by atoms with Crippen LogP contribution < -0.4 is 5.73 Å². The third kappa shape index (κ3) is 2.49. The number of nitrogens with zero attached hydrogens (tertiary/aromatic N) is 2. The first kappa shape index (κ1) is 12.6. The number of aryl methyl sites for hydroxylation is 1. The zero-order valence-corrected chi connectivity index (χ0v) is 11.5. The predicted octanol–water partition coefficient (Wildman–Crippen LogP) is 3.31. The fourth-order valence-electron chi connectivity index (χ4n) is 2.21. The lowest BCUT2D eigenvalue weighted by atomic mass is 10.1. The first-order valence-electron chi connectivity index (χ1n) is 6.68. The van der Waals surface area contributed by atoms with Crippen LogP contribution in [0.2, 0.25) is 0 Å². The summed E-state index contributed by atoms with van der Waals surface area (Å²) in [5.74, 6) is 0. The summed E-state index contributed by atoms with van der Waals surface area (Å²) in [4.78, 5) is 0. The number of hydrogen-bond donors (Lipinski definition) is 1. The summed E-state index contributed by atoms with van der Waals surface area (Å²) < 4.78 is 1.89. The lowest BCUT2D eigenvalue weighted by Crippen LogP contribution is -1.98. The van der Waals surface area contributed by atoms with E-state index in [9.17, 15) is 0 Å². The maximum absolute atomic E-state index is 5.61. The molecule has 3 nitrogen and oxygen atoms in total. The molecule has 3 aromatic rings. The van der Waals surface area contributed by atoms with Crippen LogP contribution in [0.5, 0.6) is 0 Å². The van der Waals surface area contributed by atoms with Crippen LogP contribution in [-0.2, 0) is 6.54 Å². The maximum atomic E-state index is 5.61. The van der Waals surface area contributed by atoms with E-state index in [-0.39, 0.29) is 0 Å². The normalized spacial score (nSPS) is 10.7. The molecule has 0 radical (unpaired) electrons. The van der Waals surface area contributed by atoms with Crippen molar-refractivity contribution in [1.82, 2.24) is 9.78 Å². The molecule has 0 saturated carbocycles. The molecule has 0 unspecified atom stereocenters. The van der Waals surface area contributed by atoms with Crippen LogP contribution in [0.15, 0.2) is 60.8 Å². The number of hydrogen-bond acceptors (Lipinski definition) is 2. The molecule has 0 amide bonds. The molecular formula is C17H17N3. The molecule has 0 aliphatic heterocycles. The van der Waals surface area contributed by atoms with Gasteiger partial charge in [-0.05, 0) is 36.8 Å². The van der Waals surface area contributed by atoms with Gasteiger partial charge >= 0.3 is 0 Å². The van der Waals surface area contributed by atoms with Crippen molar-refractivity contribution in [2.75, 3.05) is 0 Å². The van der Waals surface area contributed by atoms with E-state index >= 15 is 0 Å². The zero-order chi connectivity index (χ0) is 13.9. The molecule has 0 aliphatic carbocycles. The Morgan fingerprint density at radius 1 is 1.05 bits per heavy atom. The first-order valence-corrected chi connectivity index (χ1v) is 6.68. The van der Waals surface area contributed by atoms with Gasteiger partial charge < -0.3 is 5.73 Å². The molecule has 20 heavy (non-hydrogen) atoms. The van der Waals surface area contributed by atoms with Crippen LogP contribution in [0.25, 0.3) is 16.9 Å². The van der Waals surface area contributed by atoms with Crippen LogP contribution in [0.4, 0.5) is 0 Å². The Balaban J connectivity index is 1.93. The topological polar surface area (TPSA) is 43.8 Å². The van der Waals surface area contributed by atoms with Crippen LogP contribution >= 0.6 is 0 Å². The molecule has 0 spiro atoms. The molecule has 0 saturated heterocycles. The van der Waals surface area contributed by atoms with E-state index in [0.29, 0.717) is 6.54 Å². The SMILES string of the molecule is Cc1cccc(-c2ccn(-c3ccc(CN)cc3)n2)c1. The van der Waals surface area contributed by atoms with Crippen LogP contribution in [0.1, 0.15) is 11.1 Å². The third-order valence-corrected chi connectivity index (χ3v) is 3.34. The summed E-state index contributed by atoms with van der Waals surface area (Å²) in [6.45, 7) is 2.65. The predicted molar refractivity (Wildman–Crippen MR) is 81.6 cm³/mol. The number of rotatable bonds is 3. The van der Waals surface area contributed by atoms with Gasteiger partial charge in [-0.25, -0.2) is 4.68 Å². The minimum Gasteiger partial charge on any atom is -0.326 e. The monoisotopic (exact) mass is 263 g/mol. The maximum Gasteiger partial charge on any atom is 0.0927 e. The van der Waals surface area contributed by atoms with Gasteiger partial charge in [0.15, 0.2) is 0 Å². The van der Waals surface area contributed by atoms with Crippen molar-refractivity contribution in [3.05, 3.63) is 71.9 Å². The Hall–Kier alpha value is -2.39. The summed E-state index contributed by atoms with van der Waals surface area (Å²) in [6, 6.07) is 18.5. The van der Waals surface area contributed by atoms with Crippen LogP contribution in [0.3, 0.4) is 0 Å². The molecule has 1 heterocycles. The van der Waals surface area contributed by atoms with Crippen molar-refractivity contribution in [3.63, 3.8) is 0 Å². The second kappa shape index (κ2) is 5.31. The quantitative estimate of drug-likeness (QED) is 0.788. The fraction of sp³-hybridized carbons (Fsp3) is 0.118. The molecule has 2 aromatic carbocycles. The second-order valence-electron chi connectivity index (χ2n) is 4.89. The van der Waals surface area contributed by atoms with E-state index in [4.69, 9.17) is 5.73 Å². The van der Waals surface area contributed by atoms with Gasteiger partial charge in [0.2, 0.25) is 0 Å². The van der Waals surface area contributed by atoms with Gasteiger partial charge in [-0.3, -0.25) is 0 Å². The Labute approximate surface area is 118 Å². The summed E-state index contributed by atoms with van der Waals surface area (Å²) in [5.41, 5.74) is 11.1. The van der Waals surface area contributed by atoms with Gasteiger partial charge in [-0.15, -0.1) is 0 Å². The smallest absolute Gasteiger partial charge is 0.0927 e. The molecule has 0 aliphatic rings. The Morgan fingerprint density at radius 3 is 2.55 bits per heavy atom. The second-order valence-corrected chi connectivity index (χ2v) is 4.89. The van der Waals surface area contributed by atoms with Crippen molar-refractivity contribution in [1.29, 1.82) is 0 Å². The van der Waals surface area contributed by atoms with Gasteiger partial charge in [0, 0.05) is 18.3 Å². The van der Waals surface area contributed by atoms with E-state index in [0.717, 1.165) is 22.5 Å². The van der Waals surface area contributed by atoms with Crippen molar-refractivity contribution in [3.8, 4) is 16.9 Å². The first-order chi connectivity index (χ1) is 9.76. The van der Waals surface area contributed by atoms with E-state index in [2.05, 4.69) is 36.3 Å². The third-order valence-electron chi connectivity index (χ3n) is 3.34. The molecule has 1 aromatic heterocycles. The highest BCUT2D eigenvalue weighted by Crippen LogP contribution is 2.19. The minimum absolute atomic E-state index is 0.563. The average molecular weight is 263 g/mol. The summed E-state index contributed by atoms with van der Waals surface area (Å²) in [5, 5.41) is 4.63. The molecular weight excluding hydrogens is 246 g/mol. The van der Waals surface area contributed by atoms with Crippen molar-refractivity contribution in [2.45, 2.75) is 13.5 Å². The molecule has 0 bridgehead atoms. The van der Waals surface area contributed by atoms with Crippen molar-refractivity contribution in [2.24, 2.45) is 5.73 Å². The summed E-state index contributed by atoms with van der Waals surface area (Å²) in [7, 11) is 0. The Kier molecular flexibility index (Phi) is 3.35. The largest absolute Gasteiger partial charge is 0.326 e. The summed E-state index contributed by atoms with van der Waals surface area (Å²) >= 11 is 0. The molecule has 0 fully saturated rings. The van der Waals surface area contributed by atoms with E-state index in [1.54, 1.807) is 0 Å². The molecule has 2 N–H and O–H groups in total. The fourth-order valence-corrected chi connectivity index (χ4v) is 2.21. The van der Waals surface area contributed by atoms with Gasteiger partial charge in [-0.2, -0.15) is 5.10 Å². The van der Waals surface area contributed by atoms with Crippen molar-refractivity contribution < 1.29 is 0 Å². The number of benzene rings is 2. The highest BCUT2D eigenvalue weighted by Gasteiger charge is 2.04. The zero-order valence-electron chi connectivity index (χ0n) is 11.5. The highest BCUT2D eigenvalue weighted by molar-refractivity contribution is 5.59. The lowest BCUT2D eigenvalue weighted by molar-refractivity contribution is 0.882. The molecule has 3 heteroatoms. The van der Waals surface area contributed by atoms with Gasteiger partial charge in [0.1, 0.15) is 0 Å². The standard InChI is InChI=1S/C17H17N3/c1-13-3-2-4-15(11-13)17-9-10-20(19-17)16-7-5-14(12-18)6-8-16/h2-11H,12,18H2,1H3. The van der Waals surface area contributed by atoms with Crippen LogP contribution in [-0.4, -0.2) is 9.78 Å². The van der Waals surface area contributed by atoms with Crippen LogP contribution in [0, 0.1) is 6.92 Å². The van der Waals surface area contributed by atoms with Crippen molar-refractivity contribution >= 4 is 0 Å². The van der Waals surface area contributed by atoms with E-state index < -0.39 is 0 Å². The highest BCUT2D eigenvalue weighted by atomic mass is 15.3. The van der Waals surface area contributed by atoms with Gasteiger partial charge in [-0.1, -0.05) is 35.9 Å². The molecule has 0 atom stereocenters. The number of nitrogens with two attached hydrogens (primary N) is 1. The molecule has 100 valence electrons. The van der Waals surface area contributed by atoms with E-state index in [1.165, 1.54) is 5.56 Å². The Bertz CT molecular complexity index is 711. The lowest BCUT2D eigenvalue weighted by Gasteiger charge is -2.03. The van der Waals surface area contributed by atoms with Gasteiger partial charge in [0.05, 0.1) is 11.4 Å². The average Bonchev–Trinajstić information content (AvgIpc) is 2.97. The molecule has 3 rings (SSSR count).